The Morgan fingerprint density at radius 2 is 2.11 bits per heavy atom. The van der Waals surface area contributed by atoms with Crippen molar-refractivity contribution in [3.05, 3.63) is 46.7 Å². The summed E-state index contributed by atoms with van der Waals surface area (Å²) in [5.41, 5.74) is -0.0487. The molecule has 1 heterocycles. The van der Waals surface area contributed by atoms with Crippen molar-refractivity contribution in [3.63, 3.8) is 0 Å². The standard InChI is InChI=1S/C13H11Cl2N3O/c14-9-3-1-4-10(11(9)15)17-12(19)13(5-6-13)18-8-2-7-16-18/h1-4,7-8H,5-6H2,(H,17,19). The van der Waals surface area contributed by atoms with Gasteiger partial charge in [-0.1, -0.05) is 29.3 Å². The second-order valence-electron chi connectivity index (χ2n) is 4.54. The zero-order valence-electron chi connectivity index (χ0n) is 9.94. The normalized spacial score (nSPS) is 16.1. The van der Waals surface area contributed by atoms with Gasteiger partial charge in [0.05, 0.1) is 15.7 Å². The van der Waals surface area contributed by atoms with Crippen LogP contribution >= 0.6 is 23.2 Å². The first-order valence-electron chi connectivity index (χ1n) is 5.89. The summed E-state index contributed by atoms with van der Waals surface area (Å²) in [7, 11) is 0. The van der Waals surface area contributed by atoms with E-state index in [2.05, 4.69) is 10.4 Å². The molecule has 0 aliphatic heterocycles. The summed E-state index contributed by atoms with van der Waals surface area (Å²) in [5, 5.41) is 7.75. The summed E-state index contributed by atoms with van der Waals surface area (Å²) in [6.07, 6.45) is 5.02. The Morgan fingerprint density at radius 3 is 2.74 bits per heavy atom. The van der Waals surface area contributed by atoms with Crippen molar-refractivity contribution in [2.75, 3.05) is 5.32 Å². The van der Waals surface area contributed by atoms with Gasteiger partial charge in [-0.2, -0.15) is 5.10 Å². The van der Waals surface area contributed by atoms with E-state index < -0.39 is 5.54 Å². The van der Waals surface area contributed by atoms with E-state index in [1.807, 2.05) is 0 Å². The second-order valence-corrected chi connectivity index (χ2v) is 5.32. The highest BCUT2D eigenvalue weighted by molar-refractivity contribution is 6.44. The van der Waals surface area contributed by atoms with Gasteiger partial charge in [0, 0.05) is 12.4 Å². The molecule has 1 aromatic heterocycles. The smallest absolute Gasteiger partial charge is 0.252 e. The fourth-order valence-corrected chi connectivity index (χ4v) is 2.39. The summed E-state index contributed by atoms with van der Waals surface area (Å²) in [5.74, 6) is -0.111. The number of nitrogens with one attached hydrogen (secondary N) is 1. The fraction of sp³-hybridized carbons (Fsp3) is 0.231. The van der Waals surface area contributed by atoms with Crippen LogP contribution < -0.4 is 5.32 Å². The Labute approximate surface area is 120 Å². The molecule has 0 unspecified atom stereocenters. The minimum Gasteiger partial charge on any atom is -0.323 e. The van der Waals surface area contributed by atoms with Crippen molar-refractivity contribution in [1.82, 2.24) is 9.78 Å². The molecule has 1 amide bonds. The number of carbonyl (C=O) groups excluding carboxylic acids is 1. The van der Waals surface area contributed by atoms with E-state index in [1.165, 1.54) is 0 Å². The van der Waals surface area contributed by atoms with Crippen LogP contribution in [-0.4, -0.2) is 15.7 Å². The SMILES string of the molecule is O=C(Nc1cccc(Cl)c1Cl)C1(n2cccn2)CC1. The quantitative estimate of drug-likeness (QED) is 0.944. The molecule has 0 bridgehead atoms. The molecule has 0 saturated heterocycles. The molecule has 1 aromatic carbocycles. The Balaban J connectivity index is 1.85. The van der Waals surface area contributed by atoms with Crippen LogP contribution in [0.25, 0.3) is 0 Å². The van der Waals surface area contributed by atoms with Gasteiger partial charge in [0.15, 0.2) is 0 Å². The van der Waals surface area contributed by atoms with Crippen LogP contribution in [0.3, 0.4) is 0 Å². The van der Waals surface area contributed by atoms with Crippen molar-refractivity contribution in [2.24, 2.45) is 0 Å². The van der Waals surface area contributed by atoms with E-state index in [9.17, 15) is 4.79 Å². The van der Waals surface area contributed by atoms with E-state index in [4.69, 9.17) is 23.2 Å². The molecular weight excluding hydrogens is 285 g/mol. The first-order valence-corrected chi connectivity index (χ1v) is 6.65. The van der Waals surface area contributed by atoms with Crippen molar-refractivity contribution in [3.8, 4) is 0 Å². The lowest BCUT2D eigenvalue weighted by Crippen LogP contribution is -2.33. The minimum atomic E-state index is -0.574. The van der Waals surface area contributed by atoms with Gasteiger partial charge in [-0.25, -0.2) is 0 Å². The Morgan fingerprint density at radius 1 is 1.32 bits per heavy atom. The van der Waals surface area contributed by atoms with Gasteiger partial charge in [0.1, 0.15) is 5.54 Å². The van der Waals surface area contributed by atoms with Crippen LogP contribution in [0.1, 0.15) is 12.8 Å². The van der Waals surface area contributed by atoms with Crippen LogP contribution in [0.2, 0.25) is 10.0 Å². The van der Waals surface area contributed by atoms with Gasteiger partial charge in [-0.3, -0.25) is 9.48 Å². The lowest BCUT2D eigenvalue weighted by molar-refractivity contribution is -0.120. The molecule has 0 atom stereocenters. The Hall–Kier alpha value is -1.52. The summed E-state index contributed by atoms with van der Waals surface area (Å²) in [6, 6.07) is 6.96. The van der Waals surface area contributed by atoms with Crippen molar-refractivity contribution >= 4 is 34.8 Å². The van der Waals surface area contributed by atoms with Crippen LogP contribution in [-0.2, 0) is 10.3 Å². The lowest BCUT2D eigenvalue weighted by Gasteiger charge is -2.16. The van der Waals surface area contributed by atoms with Gasteiger partial charge in [0.2, 0.25) is 0 Å². The number of carbonyl (C=O) groups is 1. The number of anilines is 1. The zero-order valence-corrected chi connectivity index (χ0v) is 11.4. The van der Waals surface area contributed by atoms with Gasteiger partial charge in [0.25, 0.3) is 5.91 Å². The molecule has 1 fully saturated rings. The number of rotatable bonds is 3. The van der Waals surface area contributed by atoms with E-state index in [0.717, 1.165) is 12.8 Å². The highest BCUT2D eigenvalue weighted by Crippen LogP contribution is 2.44. The molecule has 98 valence electrons. The molecule has 3 rings (SSSR count). The number of hydrogen-bond acceptors (Lipinski definition) is 2. The Bertz CT molecular complexity index is 621. The van der Waals surface area contributed by atoms with Gasteiger partial charge in [-0.05, 0) is 31.0 Å². The topological polar surface area (TPSA) is 46.9 Å². The van der Waals surface area contributed by atoms with E-state index in [-0.39, 0.29) is 5.91 Å². The highest BCUT2D eigenvalue weighted by Gasteiger charge is 2.52. The fourth-order valence-electron chi connectivity index (χ4n) is 2.04. The average Bonchev–Trinajstić information content (AvgIpc) is 3.03. The molecule has 2 aromatic rings. The number of amides is 1. The third-order valence-corrected chi connectivity index (χ3v) is 4.11. The Kier molecular flexibility index (Phi) is 2.99. The molecule has 19 heavy (non-hydrogen) atoms. The van der Waals surface area contributed by atoms with Crippen molar-refractivity contribution in [1.29, 1.82) is 0 Å². The predicted octanol–water partition coefficient (Wildman–Crippen LogP) is 3.32. The van der Waals surface area contributed by atoms with Crippen LogP contribution in [0.4, 0.5) is 5.69 Å². The van der Waals surface area contributed by atoms with Gasteiger partial charge in [-0.15, -0.1) is 0 Å². The molecular formula is C13H11Cl2N3O. The first kappa shape index (κ1) is 12.5. The average molecular weight is 296 g/mol. The van der Waals surface area contributed by atoms with E-state index in [0.29, 0.717) is 15.7 Å². The van der Waals surface area contributed by atoms with E-state index >= 15 is 0 Å². The minimum absolute atomic E-state index is 0.111. The van der Waals surface area contributed by atoms with Crippen molar-refractivity contribution in [2.45, 2.75) is 18.4 Å². The summed E-state index contributed by atoms with van der Waals surface area (Å²) < 4.78 is 1.70. The summed E-state index contributed by atoms with van der Waals surface area (Å²) in [6.45, 7) is 0. The van der Waals surface area contributed by atoms with E-state index in [1.54, 1.807) is 41.3 Å². The van der Waals surface area contributed by atoms with Crippen LogP contribution in [0.5, 0.6) is 0 Å². The molecule has 1 N–H and O–H groups in total. The molecule has 0 radical (unpaired) electrons. The van der Waals surface area contributed by atoms with Gasteiger partial charge < -0.3 is 5.32 Å². The summed E-state index contributed by atoms with van der Waals surface area (Å²) in [4.78, 5) is 12.4. The molecule has 6 heteroatoms. The van der Waals surface area contributed by atoms with Crippen LogP contribution in [0.15, 0.2) is 36.7 Å². The largest absolute Gasteiger partial charge is 0.323 e. The monoisotopic (exact) mass is 295 g/mol. The lowest BCUT2D eigenvalue weighted by atomic mass is 10.2. The number of nitrogens with zero attached hydrogens (tertiary/aromatic N) is 2. The van der Waals surface area contributed by atoms with Gasteiger partial charge >= 0.3 is 0 Å². The molecule has 1 aliphatic rings. The molecule has 1 aliphatic carbocycles. The van der Waals surface area contributed by atoms with Crippen LogP contribution in [0, 0.1) is 0 Å². The number of benzene rings is 1. The molecule has 1 saturated carbocycles. The predicted molar refractivity (Wildman–Crippen MR) is 74.5 cm³/mol. The maximum Gasteiger partial charge on any atom is 0.252 e. The second kappa shape index (κ2) is 4.54. The molecule has 4 nitrogen and oxygen atoms in total. The third kappa shape index (κ3) is 2.11. The third-order valence-electron chi connectivity index (χ3n) is 3.29. The van der Waals surface area contributed by atoms with Crippen molar-refractivity contribution < 1.29 is 4.79 Å². The first-order chi connectivity index (χ1) is 9.13. The maximum atomic E-state index is 12.4. The maximum absolute atomic E-state index is 12.4. The highest BCUT2D eigenvalue weighted by atomic mass is 35.5. The zero-order chi connectivity index (χ0) is 13.5. The number of halogens is 2. The number of hydrogen-bond donors (Lipinski definition) is 1. The number of aromatic nitrogens is 2. The summed E-state index contributed by atoms with van der Waals surface area (Å²) >= 11 is 12.0. The molecule has 0 spiro atoms.